The van der Waals surface area contributed by atoms with Gasteiger partial charge in [0.25, 0.3) is 5.69 Å². The van der Waals surface area contributed by atoms with E-state index in [4.69, 9.17) is 5.73 Å². The molecule has 0 radical (unpaired) electrons. The molecule has 0 atom stereocenters. The molecule has 0 aliphatic rings. The fourth-order valence-corrected chi connectivity index (χ4v) is 3.02. The summed E-state index contributed by atoms with van der Waals surface area (Å²) in [5.41, 5.74) is 4.93. The van der Waals surface area contributed by atoms with Crippen LogP contribution in [0, 0.1) is 10.1 Å². The lowest BCUT2D eigenvalue weighted by atomic mass is 10.3. The number of nitro benzene ring substituents is 1. The Hall–Kier alpha value is -1.76. The average molecular weight is 338 g/mol. The summed E-state index contributed by atoms with van der Waals surface area (Å²) in [6.45, 7) is -0.384. The van der Waals surface area contributed by atoms with Gasteiger partial charge in [-0.15, -0.1) is 0 Å². The van der Waals surface area contributed by atoms with Crippen LogP contribution < -0.4 is 15.2 Å². The Bertz CT molecular complexity index is 744. The molecule has 21 heavy (non-hydrogen) atoms. The Morgan fingerprint density at radius 1 is 1.19 bits per heavy atom. The number of hydrogen-bond acceptors (Lipinski definition) is 7. The number of nitrogens with two attached hydrogens (primary N) is 1. The molecule has 0 bridgehead atoms. The van der Waals surface area contributed by atoms with Crippen LogP contribution in [0.4, 0.5) is 11.4 Å². The van der Waals surface area contributed by atoms with E-state index in [2.05, 4.69) is 9.44 Å². The molecule has 0 spiro atoms. The molecule has 0 fully saturated rings. The predicted molar refractivity (Wildman–Crippen MR) is 75.5 cm³/mol. The van der Waals surface area contributed by atoms with Crippen LogP contribution in [0.2, 0.25) is 0 Å². The van der Waals surface area contributed by atoms with E-state index >= 15 is 0 Å². The SMILES string of the molecule is CS(=O)(=O)NCCNS(=O)(=O)c1cc([N+](=O)[O-])ccc1N. The summed E-state index contributed by atoms with van der Waals surface area (Å²) >= 11 is 0. The van der Waals surface area contributed by atoms with E-state index in [0.29, 0.717) is 0 Å². The maximum absolute atomic E-state index is 12.0. The van der Waals surface area contributed by atoms with Crippen molar-refractivity contribution in [2.75, 3.05) is 25.1 Å². The minimum Gasteiger partial charge on any atom is -0.398 e. The molecule has 118 valence electrons. The number of nitrogen functional groups attached to an aromatic ring is 1. The quantitative estimate of drug-likeness (QED) is 0.249. The normalized spacial score (nSPS) is 12.2. The Morgan fingerprint density at radius 3 is 2.29 bits per heavy atom. The Balaban J connectivity index is 2.88. The molecule has 1 rings (SSSR count). The minimum atomic E-state index is -4.08. The van der Waals surface area contributed by atoms with E-state index in [9.17, 15) is 26.9 Å². The van der Waals surface area contributed by atoms with Crippen LogP contribution in [0.5, 0.6) is 0 Å². The second-order valence-corrected chi connectivity index (χ2v) is 7.61. The first-order valence-electron chi connectivity index (χ1n) is 5.51. The molecule has 1 aromatic rings. The summed E-state index contributed by atoms with van der Waals surface area (Å²) in [4.78, 5) is 9.45. The smallest absolute Gasteiger partial charge is 0.270 e. The van der Waals surface area contributed by atoms with Crippen LogP contribution in [0.25, 0.3) is 0 Å². The molecule has 0 aliphatic carbocycles. The van der Waals surface area contributed by atoms with Gasteiger partial charge in [0.1, 0.15) is 4.90 Å². The molecular formula is C9H14N4O6S2. The second kappa shape index (κ2) is 6.34. The summed E-state index contributed by atoms with van der Waals surface area (Å²) in [6, 6.07) is 3.03. The third-order valence-corrected chi connectivity index (χ3v) is 4.52. The van der Waals surface area contributed by atoms with Crippen molar-refractivity contribution in [3.05, 3.63) is 28.3 Å². The van der Waals surface area contributed by atoms with Gasteiger partial charge in [0.15, 0.2) is 0 Å². The Morgan fingerprint density at radius 2 is 1.76 bits per heavy atom. The fraction of sp³-hybridized carbons (Fsp3) is 0.333. The number of rotatable bonds is 7. The summed E-state index contributed by atoms with van der Waals surface area (Å²) in [5, 5.41) is 10.6. The zero-order valence-corrected chi connectivity index (χ0v) is 12.6. The van der Waals surface area contributed by atoms with Crippen molar-refractivity contribution in [2.45, 2.75) is 4.90 Å². The van der Waals surface area contributed by atoms with Gasteiger partial charge >= 0.3 is 0 Å². The van der Waals surface area contributed by atoms with Gasteiger partial charge in [-0.1, -0.05) is 0 Å². The summed E-state index contributed by atoms with van der Waals surface area (Å²) in [5.74, 6) is 0. The zero-order chi connectivity index (χ0) is 16.3. The van der Waals surface area contributed by atoms with Gasteiger partial charge in [-0.05, 0) is 6.07 Å². The van der Waals surface area contributed by atoms with E-state index in [1.807, 2.05) is 0 Å². The first kappa shape index (κ1) is 17.3. The number of anilines is 1. The average Bonchev–Trinajstić information content (AvgIpc) is 2.33. The molecular weight excluding hydrogens is 324 g/mol. The van der Waals surface area contributed by atoms with E-state index in [0.717, 1.165) is 24.5 Å². The molecule has 4 N–H and O–H groups in total. The van der Waals surface area contributed by atoms with Gasteiger partial charge in [-0.25, -0.2) is 26.3 Å². The third kappa shape index (κ3) is 5.26. The number of nitro groups is 1. The number of benzene rings is 1. The van der Waals surface area contributed by atoms with Crippen molar-refractivity contribution in [2.24, 2.45) is 0 Å². The Labute approximate surface area is 121 Å². The van der Waals surface area contributed by atoms with Gasteiger partial charge in [0, 0.05) is 25.2 Å². The molecule has 0 heterocycles. The molecule has 1 aromatic carbocycles. The molecule has 0 saturated carbocycles. The zero-order valence-electron chi connectivity index (χ0n) is 10.9. The number of nitrogens with one attached hydrogen (secondary N) is 2. The van der Waals surface area contributed by atoms with Crippen molar-refractivity contribution in [1.82, 2.24) is 9.44 Å². The lowest BCUT2D eigenvalue weighted by molar-refractivity contribution is -0.385. The maximum atomic E-state index is 12.0. The van der Waals surface area contributed by atoms with Crippen LogP contribution in [0.3, 0.4) is 0 Å². The highest BCUT2D eigenvalue weighted by molar-refractivity contribution is 7.89. The van der Waals surface area contributed by atoms with E-state index in [1.165, 1.54) is 0 Å². The minimum absolute atomic E-state index is 0.149. The number of hydrogen-bond donors (Lipinski definition) is 3. The topological polar surface area (TPSA) is 162 Å². The van der Waals surface area contributed by atoms with Gasteiger partial charge in [-0.3, -0.25) is 10.1 Å². The monoisotopic (exact) mass is 338 g/mol. The molecule has 0 saturated heterocycles. The molecule has 0 amide bonds. The van der Waals surface area contributed by atoms with Crippen LogP contribution in [0.15, 0.2) is 23.1 Å². The van der Waals surface area contributed by atoms with Gasteiger partial charge < -0.3 is 5.73 Å². The van der Waals surface area contributed by atoms with Crippen LogP contribution in [-0.2, 0) is 20.0 Å². The summed E-state index contributed by atoms with van der Waals surface area (Å²) in [6.07, 6.45) is 0.931. The molecule has 12 heteroatoms. The highest BCUT2D eigenvalue weighted by Gasteiger charge is 2.20. The van der Waals surface area contributed by atoms with Crippen LogP contribution in [-0.4, -0.2) is 41.1 Å². The predicted octanol–water partition coefficient (Wildman–Crippen LogP) is -0.995. The third-order valence-electron chi connectivity index (χ3n) is 2.28. The lowest BCUT2D eigenvalue weighted by Gasteiger charge is -2.09. The van der Waals surface area contributed by atoms with Gasteiger partial charge in [-0.2, -0.15) is 0 Å². The largest absolute Gasteiger partial charge is 0.398 e. The molecule has 0 aromatic heterocycles. The van der Waals surface area contributed by atoms with E-state index < -0.39 is 35.6 Å². The van der Waals surface area contributed by atoms with E-state index in [1.54, 1.807) is 0 Å². The van der Waals surface area contributed by atoms with Gasteiger partial charge in [0.05, 0.1) is 16.9 Å². The van der Waals surface area contributed by atoms with Gasteiger partial charge in [0.2, 0.25) is 20.0 Å². The summed E-state index contributed by atoms with van der Waals surface area (Å²) < 4.78 is 49.7. The summed E-state index contributed by atoms with van der Waals surface area (Å²) in [7, 11) is -7.51. The van der Waals surface area contributed by atoms with Crippen molar-refractivity contribution in [1.29, 1.82) is 0 Å². The maximum Gasteiger partial charge on any atom is 0.270 e. The first-order valence-corrected chi connectivity index (χ1v) is 8.88. The Kier molecular flexibility index (Phi) is 5.22. The fourth-order valence-electron chi connectivity index (χ4n) is 1.37. The molecule has 0 unspecified atom stereocenters. The van der Waals surface area contributed by atoms with Crippen molar-refractivity contribution < 1.29 is 21.8 Å². The number of sulfonamides is 2. The molecule has 0 aliphatic heterocycles. The van der Waals surface area contributed by atoms with Crippen LogP contribution in [0.1, 0.15) is 0 Å². The van der Waals surface area contributed by atoms with Crippen molar-refractivity contribution in [3.63, 3.8) is 0 Å². The molecule has 10 nitrogen and oxygen atoms in total. The van der Waals surface area contributed by atoms with Crippen molar-refractivity contribution in [3.8, 4) is 0 Å². The number of non-ortho nitro benzene ring substituents is 1. The highest BCUT2D eigenvalue weighted by Crippen LogP contribution is 2.23. The second-order valence-electron chi connectivity index (χ2n) is 4.04. The first-order chi connectivity index (χ1) is 9.53. The van der Waals surface area contributed by atoms with Crippen molar-refractivity contribution >= 4 is 31.4 Å². The standard InChI is InChI=1S/C9H14N4O6S2/c1-20(16,17)11-4-5-12-21(18,19)9-6-7(13(14)15)2-3-8(9)10/h2-3,6,11-12H,4-5,10H2,1H3. The number of nitrogens with zero attached hydrogens (tertiary/aromatic N) is 1. The van der Waals surface area contributed by atoms with E-state index in [-0.39, 0.29) is 18.8 Å². The van der Waals surface area contributed by atoms with Crippen LogP contribution >= 0.6 is 0 Å². The highest BCUT2D eigenvalue weighted by atomic mass is 32.2. The lowest BCUT2D eigenvalue weighted by Crippen LogP contribution is -2.34.